The normalized spacial score (nSPS) is 17.3. The van der Waals surface area contributed by atoms with Gasteiger partial charge in [0.25, 0.3) is 0 Å². The van der Waals surface area contributed by atoms with Crippen LogP contribution in [-0.2, 0) is 4.74 Å². The van der Waals surface area contributed by atoms with Crippen LogP contribution in [0.3, 0.4) is 0 Å². The maximum absolute atomic E-state index is 11.6. The van der Waals surface area contributed by atoms with Crippen LogP contribution < -0.4 is 0 Å². The summed E-state index contributed by atoms with van der Waals surface area (Å²) < 4.78 is 5.00. The summed E-state index contributed by atoms with van der Waals surface area (Å²) in [7, 11) is 0. The van der Waals surface area contributed by atoms with Crippen molar-refractivity contribution in [2.45, 2.75) is 25.7 Å². The Morgan fingerprint density at radius 3 is 2.90 bits per heavy atom. The number of pyridine rings is 1. The Bertz CT molecular complexity index is 476. The summed E-state index contributed by atoms with van der Waals surface area (Å²) >= 11 is 0. The van der Waals surface area contributed by atoms with E-state index in [0.29, 0.717) is 19.7 Å². The van der Waals surface area contributed by atoms with Crippen molar-refractivity contribution in [3.8, 4) is 6.07 Å². The molecule has 1 atom stereocenters. The molecule has 2 rings (SSSR count). The van der Waals surface area contributed by atoms with Gasteiger partial charge in [0.2, 0.25) is 0 Å². The van der Waals surface area contributed by atoms with Crippen LogP contribution in [0.1, 0.15) is 31.2 Å². The summed E-state index contributed by atoms with van der Waals surface area (Å²) in [5, 5.41) is 9.41. The number of likely N-dealkylation sites (tertiary alicyclic amines) is 1. The Kier molecular flexibility index (Phi) is 4.94. The second-order valence-corrected chi connectivity index (χ2v) is 4.92. The van der Waals surface area contributed by atoms with Gasteiger partial charge in [0, 0.05) is 25.5 Å². The summed E-state index contributed by atoms with van der Waals surface area (Å²) in [5.41, 5.74) is 0.963. The van der Waals surface area contributed by atoms with Gasteiger partial charge in [0.05, 0.1) is 18.6 Å². The Labute approximate surface area is 119 Å². The molecular weight excluding hydrogens is 254 g/mol. The van der Waals surface area contributed by atoms with E-state index in [0.717, 1.165) is 18.4 Å². The minimum absolute atomic E-state index is 0.145. The smallest absolute Gasteiger partial charge is 0.409 e. The van der Waals surface area contributed by atoms with E-state index in [1.165, 1.54) is 0 Å². The van der Waals surface area contributed by atoms with Gasteiger partial charge in [-0.05, 0) is 37.3 Å². The van der Waals surface area contributed by atoms with Gasteiger partial charge in [-0.15, -0.1) is 0 Å². The van der Waals surface area contributed by atoms with E-state index in [4.69, 9.17) is 4.74 Å². The first kappa shape index (κ1) is 14.3. The maximum atomic E-state index is 11.6. The molecule has 0 aromatic carbocycles. The molecule has 0 spiro atoms. The number of nitrogens with zero attached hydrogens (tertiary/aromatic N) is 3. The largest absolute Gasteiger partial charge is 0.450 e. The predicted molar refractivity (Wildman–Crippen MR) is 73.9 cm³/mol. The van der Waals surface area contributed by atoms with Crippen LogP contribution in [0, 0.1) is 17.2 Å². The first-order chi connectivity index (χ1) is 9.76. The lowest BCUT2D eigenvalue weighted by Crippen LogP contribution is -2.40. The van der Waals surface area contributed by atoms with Crippen molar-refractivity contribution < 1.29 is 9.53 Å². The van der Waals surface area contributed by atoms with Crippen molar-refractivity contribution in [3.63, 3.8) is 0 Å². The van der Waals surface area contributed by atoms with Gasteiger partial charge in [0.1, 0.15) is 0 Å². The summed E-state index contributed by atoms with van der Waals surface area (Å²) in [6.07, 6.45) is 4.87. The molecule has 5 nitrogen and oxygen atoms in total. The Balaban J connectivity index is 1.96. The molecule has 1 fully saturated rings. The van der Waals surface area contributed by atoms with Gasteiger partial charge in [-0.3, -0.25) is 4.98 Å². The molecule has 1 aliphatic heterocycles. The second kappa shape index (κ2) is 6.90. The number of amides is 1. The van der Waals surface area contributed by atoms with Crippen LogP contribution >= 0.6 is 0 Å². The highest BCUT2D eigenvalue weighted by Gasteiger charge is 2.29. The molecule has 1 aliphatic rings. The molecule has 1 amide bonds. The lowest BCUT2D eigenvalue weighted by atomic mass is 9.81. The van der Waals surface area contributed by atoms with Gasteiger partial charge < -0.3 is 9.64 Å². The number of piperidine rings is 1. The zero-order chi connectivity index (χ0) is 14.4. The summed E-state index contributed by atoms with van der Waals surface area (Å²) in [6, 6.07) is 6.18. The maximum Gasteiger partial charge on any atom is 0.409 e. The second-order valence-electron chi connectivity index (χ2n) is 4.92. The van der Waals surface area contributed by atoms with Crippen molar-refractivity contribution in [3.05, 3.63) is 30.1 Å². The Morgan fingerprint density at radius 2 is 2.35 bits per heavy atom. The third-order valence-electron chi connectivity index (χ3n) is 3.72. The molecule has 0 unspecified atom stereocenters. The number of nitriles is 1. The molecule has 106 valence electrons. The van der Waals surface area contributed by atoms with Crippen LogP contribution in [0.5, 0.6) is 0 Å². The molecule has 0 bridgehead atoms. The monoisotopic (exact) mass is 273 g/mol. The van der Waals surface area contributed by atoms with Crippen molar-refractivity contribution in [2.75, 3.05) is 19.7 Å². The molecule has 1 saturated heterocycles. The van der Waals surface area contributed by atoms with Gasteiger partial charge >= 0.3 is 6.09 Å². The molecule has 0 aliphatic carbocycles. The lowest BCUT2D eigenvalue weighted by molar-refractivity contribution is 0.0906. The van der Waals surface area contributed by atoms with Gasteiger partial charge in [-0.2, -0.15) is 5.26 Å². The third-order valence-corrected chi connectivity index (χ3v) is 3.72. The van der Waals surface area contributed by atoms with Crippen molar-refractivity contribution in [1.82, 2.24) is 9.88 Å². The number of aromatic nitrogens is 1. The third kappa shape index (κ3) is 3.27. The number of carbonyl (C=O) groups excluding carboxylic acids is 1. The highest BCUT2D eigenvalue weighted by Crippen LogP contribution is 2.32. The van der Waals surface area contributed by atoms with E-state index in [-0.39, 0.29) is 17.9 Å². The van der Waals surface area contributed by atoms with E-state index in [9.17, 15) is 10.1 Å². The highest BCUT2D eigenvalue weighted by atomic mass is 16.6. The quantitative estimate of drug-likeness (QED) is 0.849. The summed E-state index contributed by atoms with van der Waals surface area (Å²) in [5.74, 6) is 0.128. The number of ether oxygens (including phenoxy) is 1. The number of rotatable bonds is 3. The number of carbonyl (C=O) groups is 1. The summed E-state index contributed by atoms with van der Waals surface area (Å²) in [6.45, 7) is 3.51. The van der Waals surface area contributed by atoms with Gasteiger partial charge in [0.15, 0.2) is 0 Å². The minimum atomic E-state index is -0.249. The van der Waals surface area contributed by atoms with Gasteiger partial charge in [-0.25, -0.2) is 4.79 Å². The molecule has 0 radical (unpaired) electrons. The lowest BCUT2D eigenvalue weighted by Gasteiger charge is -2.33. The minimum Gasteiger partial charge on any atom is -0.450 e. The molecule has 2 heterocycles. The predicted octanol–water partition coefficient (Wildman–Crippen LogP) is 2.56. The first-order valence-electron chi connectivity index (χ1n) is 6.97. The number of hydrogen-bond donors (Lipinski definition) is 0. The average molecular weight is 273 g/mol. The van der Waals surface area contributed by atoms with Gasteiger partial charge in [-0.1, -0.05) is 6.07 Å². The molecule has 1 aromatic rings. The Morgan fingerprint density at radius 1 is 1.60 bits per heavy atom. The van der Waals surface area contributed by atoms with E-state index in [1.807, 2.05) is 12.1 Å². The Hall–Kier alpha value is -2.09. The van der Waals surface area contributed by atoms with E-state index >= 15 is 0 Å². The van der Waals surface area contributed by atoms with Crippen molar-refractivity contribution in [1.29, 1.82) is 5.26 Å². The molecule has 0 N–H and O–H groups in total. The zero-order valence-corrected chi connectivity index (χ0v) is 11.7. The SMILES string of the molecule is CCOC(=O)N1CCC([C@H](C#N)c2cccnc2)CC1. The average Bonchev–Trinajstić information content (AvgIpc) is 2.50. The number of hydrogen-bond acceptors (Lipinski definition) is 4. The molecule has 0 saturated carbocycles. The molecule has 20 heavy (non-hydrogen) atoms. The zero-order valence-electron chi connectivity index (χ0n) is 11.7. The fraction of sp³-hybridized carbons (Fsp3) is 0.533. The van der Waals surface area contributed by atoms with Crippen LogP contribution in [-0.4, -0.2) is 35.7 Å². The fourth-order valence-corrected chi connectivity index (χ4v) is 2.64. The molecule has 5 heteroatoms. The van der Waals surface area contributed by atoms with E-state index in [2.05, 4.69) is 11.1 Å². The standard InChI is InChI=1S/C15H19N3O2/c1-2-20-15(19)18-8-5-12(6-9-18)14(10-16)13-4-3-7-17-11-13/h3-4,7,11-12,14H,2,5-6,8-9H2,1H3/t14-/m0/s1. The van der Waals surface area contributed by atoms with Crippen LogP contribution in [0.15, 0.2) is 24.5 Å². The molecule has 1 aromatic heterocycles. The highest BCUT2D eigenvalue weighted by molar-refractivity contribution is 5.67. The fourth-order valence-electron chi connectivity index (χ4n) is 2.64. The van der Waals surface area contributed by atoms with E-state index < -0.39 is 0 Å². The summed E-state index contributed by atoms with van der Waals surface area (Å²) in [4.78, 5) is 17.4. The van der Waals surface area contributed by atoms with Crippen molar-refractivity contribution in [2.24, 2.45) is 5.92 Å². The topological polar surface area (TPSA) is 66.2 Å². The first-order valence-corrected chi connectivity index (χ1v) is 6.97. The van der Waals surface area contributed by atoms with Crippen LogP contribution in [0.2, 0.25) is 0 Å². The van der Waals surface area contributed by atoms with Crippen molar-refractivity contribution >= 4 is 6.09 Å². The van der Waals surface area contributed by atoms with Crippen LogP contribution in [0.25, 0.3) is 0 Å². The van der Waals surface area contributed by atoms with Crippen LogP contribution in [0.4, 0.5) is 4.79 Å². The molecular formula is C15H19N3O2. The van der Waals surface area contributed by atoms with E-state index in [1.54, 1.807) is 24.2 Å².